The van der Waals surface area contributed by atoms with Crippen LogP contribution in [-0.2, 0) is 33.5 Å². The molecule has 1 aromatic rings. The summed E-state index contributed by atoms with van der Waals surface area (Å²) in [6.07, 6.45) is 11.2. The Hall–Kier alpha value is -5.88. The molecule has 3 fully saturated rings. The molecule has 0 unspecified atom stereocenters. The van der Waals surface area contributed by atoms with E-state index in [1.165, 1.54) is 18.1 Å². The SMILES string of the molecule is COC(=O)/C=C/CC[C@H](NC(=O)c1ccc([N+](=O)[O-])cc1C(=O)O)C(=O)N[C@H](C(=O)N1CC[C@H]1C(=O)N[C@H](C(=O)N[C@H](C(N)=O)C1CCCCC1)C1CCCCC1)C(C)(C)C. The van der Waals surface area contributed by atoms with Gasteiger partial charge < -0.3 is 41.7 Å². The van der Waals surface area contributed by atoms with Crippen LogP contribution in [0.15, 0.2) is 30.4 Å². The van der Waals surface area contributed by atoms with Gasteiger partial charge in [-0.25, -0.2) is 9.59 Å². The molecule has 0 radical (unpaired) electrons. The highest BCUT2D eigenvalue weighted by molar-refractivity contribution is 6.06. The van der Waals surface area contributed by atoms with Gasteiger partial charge >= 0.3 is 11.9 Å². The Labute approximate surface area is 354 Å². The van der Waals surface area contributed by atoms with Crippen molar-refractivity contribution in [3.8, 4) is 0 Å². The van der Waals surface area contributed by atoms with Crippen LogP contribution in [0.25, 0.3) is 0 Å². The Morgan fingerprint density at radius 1 is 0.869 bits per heavy atom. The van der Waals surface area contributed by atoms with Gasteiger partial charge in [-0.15, -0.1) is 0 Å². The highest BCUT2D eigenvalue weighted by Crippen LogP contribution is 2.31. The minimum Gasteiger partial charge on any atom is -0.478 e. The number of rotatable bonds is 18. The fourth-order valence-corrected chi connectivity index (χ4v) is 8.26. The van der Waals surface area contributed by atoms with E-state index in [1.54, 1.807) is 20.8 Å². The second kappa shape index (κ2) is 21.6. The molecule has 6 amide bonds. The van der Waals surface area contributed by atoms with Gasteiger partial charge in [0, 0.05) is 24.8 Å². The maximum Gasteiger partial charge on any atom is 0.336 e. The van der Waals surface area contributed by atoms with E-state index in [1.807, 2.05) is 0 Å². The van der Waals surface area contributed by atoms with Gasteiger partial charge in [0.1, 0.15) is 30.2 Å². The summed E-state index contributed by atoms with van der Waals surface area (Å²) in [6, 6.07) is -2.86. The van der Waals surface area contributed by atoms with Crippen molar-refractivity contribution in [2.45, 2.75) is 134 Å². The van der Waals surface area contributed by atoms with E-state index in [0.717, 1.165) is 75.6 Å². The number of aromatic carboxylic acids is 1. The van der Waals surface area contributed by atoms with E-state index < -0.39 is 105 Å². The number of likely N-dealkylation sites (tertiary alicyclic amines) is 1. The number of non-ortho nitro benzene ring substituents is 1. The first-order valence-electron chi connectivity index (χ1n) is 20.9. The topological polar surface area (TPSA) is 287 Å². The molecule has 0 bridgehead atoms. The van der Waals surface area contributed by atoms with Gasteiger partial charge in [0.05, 0.1) is 23.2 Å². The summed E-state index contributed by atoms with van der Waals surface area (Å²) in [5, 5.41) is 32.0. The van der Waals surface area contributed by atoms with Crippen LogP contribution in [0.2, 0.25) is 0 Å². The third-order valence-electron chi connectivity index (χ3n) is 11.8. The van der Waals surface area contributed by atoms with Gasteiger partial charge in [-0.1, -0.05) is 65.4 Å². The second-order valence-corrected chi connectivity index (χ2v) is 17.1. The highest BCUT2D eigenvalue weighted by atomic mass is 16.6. The molecule has 4 rings (SSSR count). The van der Waals surface area contributed by atoms with E-state index in [4.69, 9.17) is 5.73 Å². The number of carbonyl (C=O) groups is 8. The van der Waals surface area contributed by atoms with Crippen molar-refractivity contribution in [1.29, 1.82) is 0 Å². The lowest BCUT2D eigenvalue weighted by Crippen LogP contribution is -2.67. The minimum atomic E-state index is -1.62. The van der Waals surface area contributed by atoms with Crippen LogP contribution in [-0.4, -0.2) is 106 Å². The quantitative estimate of drug-likeness (QED) is 0.0538. The van der Waals surface area contributed by atoms with Crippen molar-refractivity contribution in [3.05, 3.63) is 51.6 Å². The Morgan fingerprint density at radius 3 is 1.98 bits per heavy atom. The third-order valence-corrected chi connectivity index (χ3v) is 11.8. The number of nitro groups is 1. The molecule has 61 heavy (non-hydrogen) atoms. The van der Waals surface area contributed by atoms with Crippen LogP contribution in [0, 0.1) is 27.4 Å². The van der Waals surface area contributed by atoms with E-state index in [-0.39, 0.29) is 37.6 Å². The van der Waals surface area contributed by atoms with Crippen LogP contribution in [0.1, 0.15) is 125 Å². The van der Waals surface area contributed by atoms with Crippen LogP contribution in [0.5, 0.6) is 0 Å². The van der Waals surface area contributed by atoms with Crippen molar-refractivity contribution in [2.24, 2.45) is 23.0 Å². The molecule has 1 saturated heterocycles. The van der Waals surface area contributed by atoms with E-state index in [2.05, 4.69) is 26.0 Å². The predicted molar refractivity (Wildman–Crippen MR) is 219 cm³/mol. The zero-order valence-electron chi connectivity index (χ0n) is 35.2. The Morgan fingerprint density at radius 2 is 1.48 bits per heavy atom. The molecular weight excluding hydrogens is 794 g/mol. The molecule has 5 atom stereocenters. The zero-order chi connectivity index (χ0) is 45.0. The molecule has 19 nitrogen and oxygen atoms in total. The summed E-state index contributed by atoms with van der Waals surface area (Å²) in [6.45, 7) is 5.25. The van der Waals surface area contributed by atoms with Crippen LogP contribution in [0.4, 0.5) is 5.69 Å². The molecule has 334 valence electrons. The number of nitrogens with one attached hydrogen (secondary N) is 4. The number of carbonyl (C=O) groups excluding carboxylic acids is 7. The van der Waals surface area contributed by atoms with Crippen molar-refractivity contribution in [1.82, 2.24) is 26.2 Å². The summed E-state index contributed by atoms with van der Waals surface area (Å²) in [4.78, 5) is 118. The van der Waals surface area contributed by atoms with Gasteiger partial charge in [0.2, 0.25) is 29.5 Å². The normalized spacial score (nSPS) is 19.3. The number of primary amides is 1. The highest BCUT2D eigenvalue weighted by Gasteiger charge is 2.46. The van der Waals surface area contributed by atoms with E-state index >= 15 is 0 Å². The molecule has 0 aromatic heterocycles. The number of methoxy groups -OCH3 is 1. The molecular formula is C42H59N7O12. The maximum absolute atomic E-state index is 14.3. The maximum atomic E-state index is 14.3. The van der Waals surface area contributed by atoms with Gasteiger partial charge in [-0.3, -0.25) is 38.9 Å². The average Bonchev–Trinajstić information content (AvgIpc) is 3.20. The number of carboxylic acids is 1. The summed E-state index contributed by atoms with van der Waals surface area (Å²) < 4.78 is 4.59. The van der Waals surface area contributed by atoms with Gasteiger partial charge in [-0.05, 0) is 68.3 Å². The number of allylic oxidation sites excluding steroid dienone is 1. The number of nitro benzene ring substituents is 1. The van der Waals surface area contributed by atoms with E-state index in [9.17, 15) is 53.6 Å². The number of ether oxygens (including phenoxy) is 1. The molecule has 1 aromatic carbocycles. The molecule has 19 heteroatoms. The molecule has 2 aliphatic carbocycles. The number of amides is 6. The first-order chi connectivity index (χ1) is 28.8. The minimum absolute atomic E-state index is 0.0403. The molecule has 3 aliphatic rings. The molecule has 7 N–H and O–H groups in total. The lowest BCUT2D eigenvalue weighted by atomic mass is 9.81. The fourth-order valence-electron chi connectivity index (χ4n) is 8.26. The first-order valence-corrected chi connectivity index (χ1v) is 20.9. The first kappa shape index (κ1) is 47.8. The van der Waals surface area contributed by atoms with Gasteiger partial charge in [0.15, 0.2) is 0 Å². The third kappa shape index (κ3) is 12.8. The van der Waals surface area contributed by atoms with Gasteiger partial charge in [-0.2, -0.15) is 0 Å². The average molecular weight is 854 g/mol. The fraction of sp³-hybridized carbons (Fsp3) is 0.619. The van der Waals surface area contributed by atoms with Crippen LogP contribution >= 0.6 is 0 Å². The second-order valence-electron chi connectivity index (χ2n) is 17.1. The summed E-state index contributed by atoms with van der Waals surface area (Å²) >= 11 is 0. The number of carboxylic acid groups (broad SMARTS) is 1. The number of esters is 1. The molecule has 2 saturated carbocycles. The van der Waals surface area contributed by atoms with Crippen LogP contribution in [0.3, 0.4) is 0 Å². The molecule has 1 heterocycles. The monoisotopic (exact) mass is 853 g/mol. The van der Waals surface area contributed by atoms with Crippen molar-refractivity contribution >= 4 is 53.1 Å². The number of benzene rings is 1. The van der Waals surface area contributed by atoms with E-state index in [0.29, 0.717) is 12.8 Å². The van der Waals surface area contributed by atoms with Crippen molar-refractivity contribution in [2.75, 3.05) is 13.7 Å². The Kier molecular flexibility index (Phi) is 16.9. The van der Waals surface area contributed by atoms with Crippen molar-refractivity contribution < 1.29 is 53.1 Å². The van der Waals surface area contributed by atoms with Crippen LogP contribution < -0.4 is 27.0 Å². The largest absolute Gasteiger partial charge is 0.478 e. The van der Waals surface area contributed by atoms with Crippen molar-refractivity contribution in [3.63, 3.8) is 0 Å². The smallest absolute Gasteiger partial charge is 0.336 e. The number of hydrogen-bond donors (Lipinski definition) is 6. The zero-order valence-corrected chi connectivity index (χ0v) is 35.2. The molecule has 0 spiro atoms. The summed E-state index contributed by atoms with van der Waals surface area (Å²) in [5.41, 5.74) is 3.11. The number of nitrogens with two attached hydrogens (primary N) is 1. The Bertz CT molecular complexity index is 1870. The summed E-state index contributed by atoms with van der Waals surface area (Å²) in [7, 11) is 1.18. The Balaban J connectivity index is 1.54. The molecule has 1 aliphatic heterocycles. The predicted octanol–water partition coefficient (Wildman–Crippen LogP) is 2.65. The van der Waals surface area contributed by atoms with Gasteiger partial charge in [0.25, 0.3) is 11.6 Å². The standard InChI is InChI=1S/C42H59N7O12/c1-42(2,3)34(47-37(53)29(17-11-12-18-31(50)61-4)44-36(52)27-20-19-26(49(59)60)23-28(27)41(57)58)40(56)48-22-21-30(48)38(54)46-33(25-15-9-6-10-16-25)39(55)45-32(35(43)51)24-13-7-5-8-14-24/h12,18-20,23-25,29-30,32-34H,5-11,13-17,21-22H2,1-4H3,(H2,43,51)(H,44,52)(H,45,55)(H,46,54)(H,47,53)(H,57,58)/b18-12+/t29-,30-,32-,33-,34+/m0/s1. The number of nitrogens with zero attached hydrogens (tertiary/aromatic N) is 2. The summed E-state index contributed by atoms with van der Waals surface area (Å²) in [5.74, 6) is -6.76. The lowest BCUT2D eigenvalue weighted by Gasteiger charge is -2.45. The number of hydrogen-bond acceptors (Lipinski definition) is 11. The lowest BCUT2D eigenvalue weighted by molar-refractivity contribution is -0.384.